The number of ether oxygens (including phenoxy) is 1. The van der Waals surface area contributed by atoms with Gasteiger partial charge in [0.1, 0.15) is 23.5 Å². The summed E-state index contributed by atoms with van der Waals surface area (Å²) >= 11 is 8.08. The highest BCUT2D eigenvalue weighted by Crippen LogP contribution is 2.38. The first-order valence-electron chi connectivity index (χ1n) is 9.41. The summed E-state index contributed by atoms with van der Waals surface area (Å²) in [6.45, 7) is 2.05. The fourth-order valence-electron chi connectivity index (χ4n) is 3.97. The van der Waals surface area contributed by atoms with Gasteiger partial charge < -0.3 is 4.74 Å². The molecule has 146 valence electrons. The van der Waals surface area contributed by atoms with Crippen molar-refractivity contribution >= 4 is 57.3 Å². The van der Waals surface area contributed by atoms with Crippen LogP contribution in [0.25, 0.3) is 10.1 Å². The van der Waals surface area contributed by atoms with Crippen LogP contribution in [0.5, 0.6) is 11.5 Å². The molecule has 1 unspecified atom stereocenters. The van der Waals surface area contributed by atoms with Crippen LogP contribution >= 0.6 is 23.1 Å². The molecule has 0 saturated carbocycles. The van der Waals surface area contributed by atoms with E-state index in [2.05, 4.69) is 37.0 Å². The molecule has 0 amide bonds. The molecule has 0 saturated heterocycles. The van der Waals surface area contributed by atoms with Crippen molar-refractivity contribution in [2.75, 3.05) is 4.90 Å². The summed E-state index contributed by atoms with van der Waals surface area (Å²) < 4.78 is 13.6. The first kappa shape index (κ1) is 17.6. The summed E-state index contributed by atoms with van der Waals surface area (Å²) in [4.78, 5) is 11.1. The maximum atomic E-state index is 6.64. The Morgan fingerprint density at radius 1 is 1.20 bits per heavy atom. The highest BCUT2D eigenvalue weighted by Gasteiger charge is 2.43. The Bertz CT molecular complexity index is 1370. The van der Waals surface area contributed by atoms with E-state index in [1.54, 1.807) is 6.34 Å². The molecule has 8 heteroatoms. The molecule has 30 heavy (non-hydrogen) atoms. The number of aromatic nitrogens is 1. The Kier molecular flexibility index (Phi) is 3.87. The molecule has 0 radical (unpaired) electrons. The van der Waals surface area contributed by atoms with Gasteiger partial charge in [-0.05, 0) is 48.8 Å². The third-order valence-electron chi connectivity index (χ3n) is 5.31. The van der Waals surface area contributed by atoms with Gasteiger partial charge in [-0.1, -0.05) is 17.7 Å². The Balaban J connectivity index is 1.37. The van der Waals surface area contributed by atoms with Gasteiger partial charge in [0.15, 0.2) is 18.3 Å². The summed E-state index contributed by atoms with van der Waals surface area (Å²) in [5.41, 5.74) is 2.96. The van der Waals surface area contributed by atoms with E-state index in [1.165, 1.54) is 11.5 Å². The number of hydrogen-bond donors (Lipinski definition) is 0. The number of allylic oxidation sites excluding steroid dienone is 2. The molecule has 4 heterocycles. The second-order valence-corrected chi connectivity index (χ2v) is 8.38. The van der Waals surface area contributed by atoms with Gasteiger partial charge in [0.05, 0.1) is 27.0 Å². The minimum Gasteiger partial charge on any atom is -0.455 e. The second-order valence-electron chi connectivity index (χ2n) is 7.14. The summed E-state index contributed by atoms with van der Waals surface area (Å²) in [6.07, 6.45) is 9.57. The van der Waals surface area contributed by atoms with Gasteiger partial charge in [0.2, 0.25) is 0 Å². The van der Waals surface area contributed by atoms with Crippen LogP contribution in [0.1, 0.15) is 6.92 Å². The van der Waals surface area contributed by atoms with Crippen LogP contribution in [0.15, 0.2) is 76.2 Å². The van der Waals surface area contributed by atoms with Crippen molar-refractivity contribution in [1.29, 1.82) is 0 Å². The lowest BCUT2D eigenvalue weighted by Crippen LogP contribution is -2.47. The smallest absolute Gasteiger partial charge is 0.258 e. The molecule has 2 aromatic carbocycles. The lowest BCUT2D eigenvalue weighted by Gasteiger charge is -2.32. The first-order valence-corrected chi connectivity index (χ1v) is 10.6. The molecule has 3 aliphatic rings. The molecule has 1 aromatic heterocycles. The fraction of sp³-hybridized carbons (Fsp3) is 0.0909. The van der Waals surface area contributed by atoms with Gasteiger partial charge in [-0.3, -0.25) is 4.90 Å². The zero-order valence-electron chi connectivity index (χ0n) is 15.9. The van der Waals surface area contributed by atoms with Gasteiger partial charge in [-0.15, -0.1) is 0 Å². The van der Waals surface area contributed by atoms with Crippen molar-refractivity contribution in [3.05, 3.63) is 71.3 Å². The molecule has 0 N–H and O–H groups in total. The monoisotopic (exact) mass is 432 g/mol. The summed E-state index contributed by atoms with van der Waals surface area (Å²) in [5.74, 6) is 2.25. The van der Waals surface area contributed by atoms with Crippen LogP contribution in [0.4, 0.5) is 5.69 Å². The zero-order chi connectivity index (χ0) is 20.2. The topological polar surface area (TPSA) is 53.1 Å². The van der Waals surface area contributed by atoms with E-state index in [-0.39, 0.29) is 6.04 Å². The summed E-state index contributed by atoms with van der Waals surface area (Å²) in [5, 5.41) is 1.51. The van der Waals surface area contributed by atoms with E-state index in [1.807, 2.05) is 54.9 Å². The maximum Gasteiger partial charge on any atom is 0.258 e. The second kappa shape index (κ2) is 6.62. The van der Waals surface area contributed by atoms with Crippen molar-refractivity contribution in [3.63, 3.8) is 0 Å². The number of hydrogen-bond acceptors (Lipinski definition) is 6. The Labute approximate surface area is 181 Å². The Hall–Kier alpha value is -3.29. The van der Waals surface area contributed by atoms with E-state index in [9.17, 15) is 0 Å². The summed E-state index contributed by atoms with van der Waals surface area (Å²) in [7, 11) is 0. The minimum atomic E-state index is -0.00269. The number of aliphatic imine (C=N–C) groups is 2. The number of halogens is 1. The van der Waals surface area contributed by atoms with E-state index < -0.39 is 0 Å². The van der Waals surface area contributed by atoms with Crippen molar-refractivity contribution in [3.8, 4) is 11.5 Å². The third-order valence-corrected chi connectivity index (χ3v) is 6.37. The van der Waals surface area contributed by atoms with Gasteiger partial charge in [-0.2, -0.15) is 8.95 Å². The quantitative estimate of drug-likeness (QED) is 0.533. The molecule has 6 rings (SSSR count). The SMILES string of the molecule is CC1=C[N+]2=CC=C3N=CN=C(C32)N1c1ccc(Oc2cccc3sncc23)c(Cl)c1. The molecule has 0 aliphatic carbocycles. The van der Waals surface area contributed by atoms with Crippen LogP contribution < -0.4 is 9.64 Å². The van der Waals surface area contributed by atoms with Crippen molar-refractivity contribution in [2.24, 2.45) is 9.98 Å². The molecule has 0 bridgehead atoms. The largest absolute Gasteiger partial charge is 0.455 e. The normalized spacial score (nSPS) is 19.3. The molecular formula is C22H15ClN5OS+. The van der Waals surface area contributed by atoms with Crippen LogP contribution in [0, 0.1) is 0 Å². The average Bonchev–Trinajstić information content (AvgIpc) is 3.38. The number of amidine groups is 1. The van der Waals surface area contributed by atoms with Gasteiger partial charge >= 0.3 is 0 Å². The van der Waals surface area contributed by atoms with Crippen LogP contribution in [-0.2, 0) is 0 Å². The number of nitrogens with zero attached hydrogens (tertiary/aromatic N) is 5. The first-order chi connectivity index (χ1) is 14.7. The van der Waals surface area contributed by atoms with E-state index in [0.717, 1.165) is 38.8 Å². The molecular weight excluding hydrogens is 418 g/mol. The van der Waals surface area contributed by atoms with Crippen molar-refractivity contribution in [2.45, 2.75) is 13.0 Å². The third kappa shape index (κ3) is 2.63. The molecule has 0 fully saturated rings. The molecule has 1 atom stereocenters. The lowest BCUT2D eigenvalue weighted by molar-refractivity contribution is -0.464. The van der Waals surface area contributed by atoms with Crippen LogP contribution in [0.2, 0.25) is 5.02 Å². The van der Waals surface area contributed by atoms with Crippen molar-refractivity contribution in [1.82, 2.24) is 4.37 Å². The fourth-order valence-corrected chi connectivity index (χ4v) is 4.85. The minimum absolute atomic E-state index is 0.00269. The summed E-state index contributed by atoms with van der Waals surface area (Å²) in [6, 6.07) is 11.7. The van der Waals surface area contributed by atoms with E-state index >= 15 is 0 Å². The van der Waals surface area contributed by atoms with Gasteiger partial charge in [-0.25, -0.2) is 9.98 Å². The van der Waals surface area contributed by atoms with Crippen LogP contribution in [-0.4, -0.2) is 33.4 Å². The number of anilines is 1. The number of rotatable bonds is 3. The predicted octanol–water partition coefficient (Wildman–Crippen LogP) is 5.21. The molecule has 0 spiro atoms. The lowest BCUT2D eigenvalue weighted by atomic mass is 10.1. The zero-order valence-corrected chi connectivity index (χ0v) is 17.4. The van der Waals surface area contributed by atoms with Crippen LogP contribution in [0.3, 0.4) is 0 Å². The van der Waals surface area contributed by atoms with Crippen molar-refractivity contribution < 1.29 is 9.31 Å². The molecule has 3 aliphatic heterocycles. The highest BCUT2D eigenvalue weighted by atomic mass is 35.5. The molecule has 3 aromatic rings. The predicted molar refractivity (Wildman–Crippen MR) is 122 cm³/mol. The number of benzene rings is 2. The standard InChI is InChI=1S/C22H15ClN5OS/c1-13-11-27-8-7-17-21(27)22(25-12-24-17)28(13)14-5-6-19(16(23)9-14)29-18-3-2-4-20-15(18)10-26-30-20/h2-12,21H,1H3/q+1. The Morgan fingerprint density at radius 2 is 2.13 bits per heavy atom. The van der Waals surface area contributed by atoms with E-state index in [0.29, 0.717) is 10.8 Å². The van der Waals surface area contributed by atoms with E-state index in [4.69, 9.17) is 16.3 Å². The highest BCUT2D eigenvalue weighted by molar-refractivity contribution is 7.13. The van der Waals surface area contributed by atoms with Gasteiger partial charge in [0, 0.05) is 11.8 Å². The molecule has 6 nitrogen and oxygen atoms in total. The average molecular weight is 433 g/mol. The number of fused-ring (bicyclic) bond motifs is 1. The Morgan fingerprint density at radius 3 is 3.03 bits per heavy atom. The van der Waals surface area contributed by atoms with Gasteiger partial charge in [0.25, 0.3) is 6.04 Å². The maximum absolute atomic E-state index is 6.64.